The molecule has 0 saturated carbocycles. The molecule has 0 aromatic carbocycles. The highest BCUT2D eigenvalue weighted by molar-refractivity contribution is 5.71. The second-order valence-electron chi connectivity index (χ2n) is 14.6. The predicted molar refractivity (Wildman–Crippen MR) is 237 cm³/mol. The van der Waals surface area contributed by atoms with Crippen molar-refractivity contribution >= 4 is 17.9 Å². The SMILES string of the molecule is CC\C=C/C=C\C=C/C=C\CCCCCC(=O)OC(COC(=O)CCCCCCCC/C=C\C/C=C\C/C=C\CC)COC(=O)CCCCCCCCCCC. The summed E-state index contributed by atoms with van der Waals surface area (Å²) in [5.74, 6) is -0.960. The van der Waals surface area contributed by atoms with Gasteiger partial charge in [-0.3, -0.25) is 14.4 Å². The summed E-state index contributed by atoms with van der Waals surface area (Å²) in [4.78, 5) is 37.7. The van der Waals surface area contributed by atoms with Crippen LogP contribution >= 0.6 is 0 Å². The largest absolute Gasteiger partial charge is 0.462 e. The maximum Gasteiger partial charge on any atom is 0.306 e. The third-order valence-electron chi connectivity index (χ3n) is 9.24. The molecular formula is C50H82O6. The van der Waals surface area contributed by atoms with E-state index in [9.17, 15) is 14.4 Å². The molecule has 0 heterocycles. The number of rotatable bonds is 39. The Hall–Kier alpha value is -3.41. The van der Waals surface area contributed by atoms with Crippen molar-refractivity contribution < 1.29 is 28.6 Å². The molecule has 0 amide bonds. The van der Waals surface area contributed by atoms with E-state index in [1.807, 2.05) is 36.5 Å². The average molecular weight is 779 g/mol. The maximum absolute atomic E-state index is 12.7. The van der Waals surface area contributed by atoms with Crippen LogP contribution in [-0.4, -0.2) is 37.2 Å². The van der Waals surface area contributed by atoms with Gasteiger partial charge in [-0.2, -0.15) is 0 Å². The van der Waals surface area contributed by atoms with Gasteiger partial charge in [0.25, 0.3) is 0 Å². The Balaban J connectivity index is 4.45. The van der Waals surface area contributed by atoms with Crippen LogP contribution in [0, 0.1) is 0 Å². The van der Waals surface area contributed by atoms with Crippen LogP contribution in [0.5, 0.6) is 0 Å². The predicted octanol–water partition coefficient (Wildman–Crippen LogP) is 14.5. The van der Waals surface area contributed by atoms with Crippen molar-refractivity contribution in [2.45, 2.75) is 200 Å². The summed E-state index contributed by atoms with van der Waals surface area (Å²) in [6, 6.07) is 0. The molecule has 1 unspecified atom stereocenters. The lowest BCUT2D eigenvalue weighted by atomic mass is 10.1. The minimum atomic E-state index is -0.798. The third-order valence-corrected chi connectivity index (χ3v) is 9.24. The summed E-state index contributed by atoms with van der Waals surface area (Å²) in [7, 11) is 0. The first-order valence-electron chi connectivity index (χ1n) is 22.6. The van der Waals surface area contributed by atoms with Crippen LogP contribution in [0.1, 0.15) is 194 Å². The molecule has 0 saturated heterocycles. The van der Waals surface area contributed by atoms with E-state index in [1.165, 1.54) is 51.4 Å². The molecule has 1 atom stereocenters. The fourth-order valence-electron chi connectivity index (χ4n) is 5.88. The van der Waals surface area contributed by atoms with Crippen LogP contribution in [0.3, 0.4) is 0 Å². The molecule has 0 rings (SSSR count). The molecule has 0 radical (unpaired) electrons. The van der Waals surface area contributed by atoms with Gasteiger partial charge in [-0.1, -0.05) is 189 Å². The van der Waals surface area contributed by atoms with E-state index in [0.717, 1.165) is 96.3 Å². The van der Waals surface area contributed by atoms with E-state index in [1.54, 1.807) is 0 Å². The van der Waals surface area contributed by atoms with Crippen molar-refractivity contribution in [3.8, 4) is 0 Å². The topological polar surface area (TPSA) is 78.9 Å². The van der Waals surface area contributed by atoms with E-state index in [0.29, 0.717) is 19.3 Å². The average Bonchev–Trinajstić information content (AvgIpc) is 3.19. The van der Waals surface area contributed by atoms with E-state index in [2.05, 4.69) is 69.4 Å². The Morgan fingerprint density at radius 1 is 0.393 bits per heavy atom. The first kappa shape index (κ1) is 52.6. The highest BCUT2D eigenvalue weighted by atomic mass is 16.6. The summed E-state index contributed by atoms with van der Waals surface area (Å²) in [5, 5.41) is 0. The van der Waals surface area contributed by atoms with Crippen LogP contribution in [-0.2, 0) is 28.6 Å². The Bertz CT molecular complexity index is 1120. The molecule has 6 nitrogen and oxygen atoms in total. The van der Waals surface area contributed by atoms with Crippen molar-refractivity contribution in [2.24, 2.45) is 0 Å². The normalized spacial score (nSPS) is 12.8. The summed E-state index contributed by atoms with van der Waals surface area (Å²) >= 11 is 0. The molecule has 0 fully saturated rings. The molecule has 0 N–H and O–H groups in total. The lowest BCUT2D eigenvalue weighted by Crippen LogP contribution is -2.30. The molecule has 0 aromatic rings. The van der Waals surface area contributed by atoms with Crippen molar-refractivity contribution in [3.05, 3.63) is 85.1 Å². The molecule has 0 aliphatic heterocycles. The minimum Gasteiger partial charge on any atom is -0.462 e. The Labute approximate surface area is 344 Å². The van der Waals surface area contributed by atoms with Crippen molar-refractivity contribution in [3.63, 3.8) is 0 Å². The van der Waals surface area contributed by atoms with Gasteiger partial charge in [-0.25, -0.2) is 0 Å². The zero-order valence-electron chi connectivity index (χ0n) is 36.1. The number of esters is 3. The number of ether oxygens (including phenoxy) is 3. The number of allylic oxidation sites excluding steroid dienone is 14. The zero-order valence-corrected chi connectivity index (χ0v) is 36.1. The quantitative estimate of drug-likeness (QED) is 0.0203. The fraction of sp³-hybridized carbons (Fsp3) is 0.660. The van der Waals surface area contributed by atoms with Crippen LogP contribution in [0.4, 0.5) is 0 Å². The standard InChI is InChI=1S/C50H82O6/c1-4-7-10-13-16-19-21-23-24-25-27-28-31-34-37-40-43-49(52)55-46-47(45-54-48(51)42-39-36-33-30-18-15-12-9-6-3)56-50(53)44-41-38-35-32-29-26-22-20-17-14-11-8-5-2/h7-8,10-11,14,16-17,19-20,22-24,26,29,47H,4-6,9,12-13,15,18,21,25,27-28,30-46H2,1-3H3/b10-7-,11-8-,17-14-,19-16-,22-20-,24-23-,29-26-. The van der Waals surface area contributed by atoms with E-state index >= 15 is 0 Å². The second-order valence-corrected chi connectivity index (χ2v) is 14.6. The minimum absolute atomic E-state index is 0.0970. The van der Waals surface area contributed by atoms with Gasteiger partial charge in [0, 0.05) is 19.3 Å². The van der Waals surface area contributed by atoms with Gasteiger partial charge in [0.2, 0.25) is 0 Å². The van der Waals surface area contributed by atoms with E-state index in [-0.39, 0.29) is 37.5 Å². The number of hydrogen-bond acceptors (Lipinski definition) is 6. The van der Waals surface area contributed by atoms with Crippen molar-refractivity contribution in [2.75, 3.05) is 13.2 Å². The van der Waals surface area contributed by atoms with E-state index < -0.39 is 6.10 Å². The number of hydrogen-bond donors (Lipinski definition) is 0. The van der Waals surface area contributed by atoms with Crippen molar-refractivity contribution in [1.82, 2.24) is 0 Å². The summed E-state index contributed by atoms with van der Waals surface area (Å²) in [5.41, 5.74) is 0. The number of carbonyl (C=O) groups excluding carboxylic acids is 3. The third kappa shape index (κ3) is 41.7. The van der Waals surface area contributed by atoms with Crippen molar-refractivity contribution in [1.29, 1.82) is 0 Å². The monoisotopic (exact) mass is 779 g/mol. The molecular weight excluding hydrogens is 697 g/mol. The first-order valence-corrected chi connectivity index (χ1v) is 22.6. The molecule has 56 heavy (non-hydrogen) atoms. The van der Waals surface area contributed by atoms with Crippen LogP contribution in [0.15, 0.2) is 85.1 Å². The fourth-order valence-corrected chi connectivity index (χ4v) is 5.88. The van der Waals surface area contributed by atoms with Gasteiger partial charge in [-0.15, -0.1) is 0 Å². The van der Waals surface area contributed by atoms with Crippen LogP contribution in [0.25, 0.3) is 0 Å². The number of carbonyl (C=O) groups is 3. The maximum atomic E-state index is 12.7. The van der Waals surface area contributed by atoms with Gasteiger partial charge >= 0.3 is 17.9 Å². The lowest BCUT2D eigenvalue weighted by molar-refractivity contribution is -0.167. The smallest absolute Gasteiger partial charge is 0.306 e. The molecule has 0 aliphatic carbocycles. The summed E-state index contributed by atoms with van der Waals surface area (Å²) < 4.78 is 16.6. The van der Waals surface area contributed by atoms with Crippen LogP contribution < -0.4 is 0 Å². The second kappa shape index (κ2) is 44.3. The molecule has 0 spiro atoms. The molecule has 0 bridgehead atoms. The van der Waals surface area contributed by atoms with Gasteiger partial charge in [0.15, 0.2) is 6.10 Å². The Morgan fingerprint density at radius 3 is 1.32 bits per heavy atom. The Kier molecular flexibility index (Phi) is 41.6. The highest BCUT2D eigenvalue weighted by Gasteiger charge is 2.19. The van der Waals surface area contributed by atoms with Gasteiger partial charge < -0.3 is 14.2 Å². The molecule has 0 aliphatic rings. The van der Waals surface area contributed by atoms with Crippen LogP contribution in [0.2, 0.25) is 0 Å². The molecule has 0 aromatic heterocycles. The lowest BCUT2D eigenvalue weighted by Gasteiger charge is -2.18. The summed E-state index contributed by atoms with van der Waals surface area (Å²) in [6.45, 7) is 6.30. The van der Waals surface area contributed by atoms with E-state index in [4.69, 9.17) is 14.2 Å². The van der Waals surface area contributed by atoms with Gasteiger partial charge in [-0.05, 0) is 70.6 Å². The summed E-state index contributed by atoms with van der Waals surface area (Å²) in [6.07, 6.45) is 55.7. The molecule has 6 heteroatoms. The highest BCUT2D eigenvalue weighted by Crippen LogP contribution is 2.13. The van der Waals surface area contributed by atoms with Gasteiger partial charge in [0.1, 0.15) is 13.2 Å². The number of unbranched alkanes of at least 4 members (excludes halogenated alkanes) is 17. The zero-order chi connectivity index (χ0) is 40.8. The molecule has 318 valence electrons. The Morgan fingerprint density at radius 2 is 0.786 bits per heavy atom. The first-order chi connectivity index (χ1) is 27.5. The van der Waals surface area contributed by atoms with Gasteiger partial charge in [0.05, 0.1) is 0 Å².